The molecule has 94 valence electrons. The van der Waals surface area contributed by atoms with Gasteiger partial charge in [-0.2, -0.15) is 0 Å². The lowest BCUT2D eigenvalue weighted by Gasteiger charge is -2.10. The van der Waals surface area contributed by atoms with E-state index in [1.165, 1.54) is 7.11 Å². The Morgan fingerprint density at radius 3 is 2.35 bits per heavy atom. The maximum atomic E-state index is 11.4. The summed E-state index contributed by atoms with van der Waals surface area (Å²) in [6.07, 6.45) is 0.405. The number of rotatable bonds is 5. The van der Waals surface area contributed by atoms with Gasteiger partial charge < -0.3 is 14.2 Å². The Morgan fingerprint density at radius 1 is 1.35 bits per heavy atom. The highest BCUT2D eigenvalue weighted by Gasteiger charge is 2.28. The molecule has 1 aliphatic heterocycles. The highest BCUT2D eigenvalue weighted by atomic mass is 16.6. The predicted molar refractivity (Wildman–Crippen MR) is 60.0 cm³/mol. The SMILES string of the molecule is C=C(C)C(=O)O/C(CC1CO1)=C(/C)C(=O)OC. The Morgan fingerprint density at radius 2 is 1.94 bits per heavy atom. The third-order valence-electron chi connectivity index (χ3n) is 2.29. The van der Waals surface area contributed by atoms with E-state index >= 15 is 0 Å². The van der Waals surface area contributed by atoms with Crippen LogP contribution in [0.25, 0.3) is 0 Å². The van der Waals surface area contributed by atoms with Crippen molar-refractivity contribution in [2.45, 2.75) is 26.4 Å². The molecule has 0 N–H and O–H groups in total. The Labute approximate surface area is 100 Å². The quantitative estimate of drug-likeness (QED) is 0.314. The molecule has 0 aliphatic carbocycles. The van der Waals surface area contributed by atoms with Gasteiger partial charge in [0, 0.05) is 12.0 Å². The van der Waals surface area contributed by atoms with Gasteiger partial charge in [-0.15, -0.1) is 0 Å². The van der Waals surface area contributed by atoms with Gasteiger partial charge in [0.05, 0.1) is 25.4 Å². The van der Waals surface area contributed by atoms with Crippen molar-refractivity contribution < 1.29 is 23.8 Å². The van der Waals surface area contributed by atoms with E-state index < -0.39 is 11.9 Å². The minimum absolute atomic E-state index is 0.0162. The molecule has 0 aromatic rings. The van der Waals surface area contributed by atoms with Crippen molar-refractivity contribution in [1.82, 2.24) is 0 Å². The van der Waals surface area contributed by atoms with Crippen LogP contribution in [0.2, 0.25) is 0 Å². The lowest BCUT2D eigenvalue weighted by atomic mass is 10.2. The topological polar surface area (TPSA) is 65.1 Å². The first-order chi connectivity index (χ1) is 7.95. The molecule has 0 amide bonds. The fraction of sp³-hybridized carbons (Fsp3) is 0.500. The summed E-state index contributed by atoms with van der Waals surface area (Å²) in [4.78, 5) is 22.8. The molecule has 1 aliphatic rings. The van der Waals surface area contributed by atoms with Gasteiger partial charge in [0.15, 0.2) is 0 Å². The van der Waals surface area contributed by atoms with Gasteiger partial charge in [0.2, 0.25) is 0 Å². The van der Waals surface area contributed by atoms with Gasteiger partial charge in [-0.05, 0) is 13.8 Å². The van der Waals surface area contributed by atoms with Gasteiger partial charge in [0.25, 0.3) is 0 Å². The largest absolute Gasteiger partial charge is 0.466 e. The normalized spacial score (nSPS) is 19.1. The van der Waals surface area contributed by atoms with Gasteiger partial charge in [0.1, 0.15) is 5.76 Å². The lowest BCUT2D eigenvalue weighted by Crippen LogP contribution is -2.13. The van der Waals surface area contributed by atoms with Crippen LogP contribution in [0.4, 0.5) is 0 Å². The first-order valence-electron chi connectivity index (χ1n) is 5.23. The second-order valence-corrected chi connectivity index (χ2v) is 3.87. The van der Waals surface area contributed by atoms with Crippen LogP contribution in [0.3, 0.4) is 0 Å². The maximum absolute atomic E-state index is 11.4. The second kappa shape index (κ2) is 5.63. The Kier molecular flexibility index (Phi) is 4.45. The predicted octanol–water partition coefficient (Wildman–Crippen LogP) is 1.34. The standard InChI is InChI=1S/C12H16O5/c1-7(2)11(13)17-10(5-9-6-16-9)8(3)12(14)15-4/h9H,1,5-6H2,2-4H3/b10-8-. The van der Waals surface area contributed by atoms with Crippen molar-refractivity contribution in [2.75, 3.05) is 13.7 Å². The van der Waals surface area contributed by atoms with E-state index in [1.807, 2.05) is 0 Å². The number of epoxide rings is 1. The minimum Gasteiger partial charge on any atom is -0.466 e. The van der Waals surface area contributed by atoms with E-state index in [2.05, 4.69) is 11.3 Å². The molecular weight excluding hydrogens is 224 g/mol. The second-order valence-electron chi connectivity index (χ2n) is 3.87. The number of methoxy groups -OCH3 is 1. The maximum Gasteiger partial charge on any atom is 0.338 e. The van der Waals surface area contributed by atoms with Gasteiger partial charge in [-0.3, -0.25) is 0 Å². The molecular formula is C12H16O5. The summed E-state index contributed by atoms with van der Waals surface area (Å²) < 4.78 is 14.7. The number of ether oxygens (including phenoxy) is 3. The van der Waals surface area contributed by atoms with Crippen LogP contribution in [0.1, 0.15) is 20.3 Å². The van der Waals surface area contributed by atoms with Crippen molar-refractivity contribution in [3.05, 3.63) is 23.5 Å². The van der Waals surface area contributed by atoms with Crippen LogP contribution < -0.4 is 0 Å². The summed E-state index contributed by atoms with van der Waals surface area (Å²) in [6, 6.07) is 0. The van der Waals surface area contributed by atoms with Crippen molar-refractivity contribution >= 4 is 11.9 Å². The third-order valence-corrected chi connectivity index (χ3v) is 2.29. The van der Waals surface area contributed by atoms with Crippen molar-refractivity contribution in [2.24, 2.45) is 0 Å². The molecule has 1 atom stereocenters. The number of hydrogen-bond donors (Lipinski definition) is 0. The van der Waals surface area contributed by atoms with E-state index in [1.54, 1.807) is 13.8 Å². The van der Waals surface area contributed by atoms with Crippen LogP contribution in [0, 0.1) is 0 Å². The number of esters is 2. The smallest absolute Gasteiger partial charge is 0.338 e. The first-order valence-corrected chi connectivity index (χ1v) is 5.23. The van der Waals surface area contributed by atoms with Gasteiger partial charge in [-0.1, -0.05) is 6.58 Å². The van der Waals surface area contributed by atoms with Gasteiger partial charge >= 0.3 is 11.9 Å². The van der Waals surface area contributed by atoms with E-state index in [4.69, 9.17) is 9.47 Å². The van der Waals surface area contributed by atoms with Crippen LogP contribution in [0.5, 0.6) is 0 Å². The van der Waals surface area contributed by atoms with Crippen LogP contribution >= 0.6 is 0 Å². The Balaban J connectivity index is 2.81. The molecule has 1 rings (SSSR count). The zero-order valence-electron chi connectivity index (χ0n) is 10.2. The molecule has 0 aromatic heterocycles. The van der Waals surface area contributed by atoms with Crippen LogP contribution in [-0.2, 0) is 23.8 Å². The molecule has 1 fully saturated rings. The summed E-state index contributed by atoms with van der Waals surface area (Å²) in [7, 11) is 1.28. The molecule has 1 heterocycles. The van der Waals surface area contributed by atoms with Crippen molar-refractivity contribution in [1.29, 1.82) is 0 Å². The van der Waals surface area contributed by atoms with E-state index in [9.17, 15) is 9.59 Å². The molecule has 0 spiro atoms. The number of carbonyl (C=O) groups excluding carboxylic acids is 2. The summed E-state index contributed by atoms with van der Waals surface area (Å²) in [5.41, 5.74) is 0.550. The monoisotopic (exact) mass is 240 g/mol. The van der Waals surface area contributed by atoms with E-state index in [-0.39, 0.29) is 23.0 Å². The molecule has 1 saturated heterocycles. The highest BCUT2D eigenvalue weighted by molar-refractivity contribution is 5.91. The van der Waals surface area contributed by atoms with E-state index in [0.29, 0.717) is 13.0 Å². The molecule has 5 nitrogen and oxygen atoms in total. The zero-order chi connectivity index (χ0) is 13.0. The molecule has 17 heavy (non-hydrogen) atoms. The molecule has 5 heteroatoms. The number of hydrogen-bond acceptors (Lipinski definition) is 5. The lowest BCUT2D eigenvalue weighted by molar-refractivity contribution is -0.137. The van der Waals surface area contributed by atoms with E-state index in [0.717, 1.165) is 0 Å². The molecule has 0 bridgehead atoms. The molecule has 0 aromatic carbocycles. The van der Waals surface area contributed by atoms with Crippen molar-refractivity contribution in [3.8, 4) is 0 Å². The fourth-order valence-corrected chi connectivity index (χ4v) is 1.13. The minimum atomic E-state index is -0.552. The fourth-order valence-electron chi connectivity index (χ4n) is 1.13. The number of carbonyl (C=O) groups is 2. The molecule has 0 radical (unpaired) electrons. The van der Waals surface area contributed by atoms with Gasteiger partial charge in [-0.25, -0.2) is 9.59 Å². The summed E-state index contributed by atoms with van der Waals surface area (Å²) in [5.74, 6) is -0.786. The molecule has 1 unspecified atom stereocenters. The highest BCUT2D eigenvalue weighted by Crippen LogP contribution is 2.23. The Bertz CT molecular complexity index is 376. The van der Waals surface area contributed by atoms with Crippen molar-refractivity contribution in [3.63, 3.8) is 0 Å². The Hall–Kier alpha value is -1.62. The molecule has 0 saturated carbocycles. The van der Waals surface area contributed by atoms with Crippen LogP contribution in [-0.4, -0.2) is 31.8 Å². The van der Waals surface area contributed by atoms with Crippen LogP contribution in [0.15, 0.2) is 23.5 Å². The summed E-state index contributed by atoms with van der Waals surface area (Å²) >= 11 is 0. The average molecular weight is 240 g/mol. The third kappa shape index (κ3) is 4.03. The average Bonchev–Trinajstić information content (AvgIpc) is 3.09. The summed E-state index contributed by atoms with van der Waals surface area (Å²) in [5, 5.41) is 0. The zero-order valence-corrected chi connectivity index (χ0v) is 10.2. The first kappa shape index (κ1) is 13.4. The summed E-state index contributed by atoms with van der Waals surface area (Å²) in [6.45, 7) is 7.19.